The van der Waals surface area contributed by atoms with Crippen molar-refractivity contribution >= 4 is 11.8 Å². The average molecular weight is 358 g/mol. The minimum Gasteiger partial charge on any atom is -0.487 e. The van der Waals surface area contributed by atoms with Gasteiger partial charge in [0.1, 0.15) is 11.4 Å². The maximum absolute atomic E-state index is 12.8. The van der Waals surface area contributed by atoms with Crippen molar-refractivity contribution in [3.05, 3.63) is 29.3 Å². The maximum atomic E-state index is 12.8. The summed E-state index contributed by atoms with van der Waals surface area (Å²) in [5, 5.41) is 3.22. The van der Waals surface area contributed by atoms with Gasteiger partial charge >= 0.3 is 0 Å². The molecule has 3 aliphatic rings. The van der Waals surface area contributed by atoms with Gasteiger partial charge in [0.2, 0.25) is 11.8 Å². The van der Waals surface area contributed by atoms with Crippen LogP contribution < -0.4 is 10.1 Å². The smallest absolute Gasteiger partial charge is 0.225 e. The molecule has 6 nitrogen and oxygen atoms in total. The van der Waals surface area contributed by atoms with Crippen molar-refractivity contribution in [2.75, 3.05) is 26.8 Å². The van der Waals surface area contributed by atoms with Gasteiger partial charge in [-0.25, -0.2) is 0 Å². The number of carbonyl (C=O) groups excluding carboxylic acids is 2. The topological polar surface area (TPSA) is 67.9 Å². The lowest BCUT2D eigenvalue weighted by Gasteiger charge is -2.44. The number of benzene rings is 1. The maximum Gasteiger partial charge on any atom is 0.225 e. The molecule has 6 heteroatoms. The van der Waals surface area contributed by atoms with Gasteiger partial charge in [-0.15, -0.1) is 0 Å². The molecule has 0 aliphatic carbocycles. The first kappa shape index (κ1) is 17.3. The molecule has 0 saturated carbocycles. The quantitative estimate of drug-likeness (QED) is 0.878. The predicted octanol–water partition coefficient (Wildman–Crippen LogP) is 1.96. The summed E-state index contributed by atoms with van der Waals surface area (Å²) in [4.78, 5) is 26.2. The van der Waals surface area contributed by atoms with Crippen molar-refractivity contribution in [2.24, 2.45) is 5.92 Å². The van der Waals surface area contributed by atoms with Crippen LogP contribution in [0, 0.1) is 12.8 Å². The molecular weight excluding hydrogens is 332 g/mol. The van der Waals surface area contributed by atoms with Crippen molar-refractivity contribution in [2.45, 2.75) is 44.2 Å². The number of aryl methyl sites for hydroxylation is 1. The Hall–Kier alpha value is -2.08. The summed E-state index contributed by atoms with van der Waals surface area (Å²) in [5.74, 6) is 0.585. The second-order valence-electron chi connectivity index (χ2n) is 7.88. The summed E-state index contributed by atoms with van der Waals surface area (Å²) in [7, 11) is 1.75. The van der Waals surface area contributed by atoms with E-state index in [4.69, 9.17) is 9.47 Å². The van der Waals surface area contributed by atoms with Crippen LogP contribution in [0.25, 0.3) is 0 Å². The SMILES string of the molecule is Cc1ccc2c(c1)[C@@H](NC(=O)[C@H]1CC(=O)N(C)C1)CC1(CCOCC1)O2. The van der Waals surface area contributed by atoms with Crippen molar-refractivity contribution in [1.29, 1.82) is 0 Å². The van der Waals surface area contributed by atoms with Gasteiger partial charge in [0.25, 0.3) is 0 Å². The molecule has 4 rings (SSSR count). The Morgan fingerprint density at radius 1 is 1.31 bits per heavy atom. The highest BCUT2D eigenvalue weighted by Gasteiger charge is 2.43. The lowest BCUT2D eigenvalue weighted by Crippen LogP contribution is -2.49. The molecule has 1 spiro atoms. The molecule has 0 bridgehead atoms. The first-order chi connectivity index (χ1) is 12.5. The molecule has 3 aliphatic heterocycles. The standard InChI is InChI=1S/C20H26N2O4/c1-13-3-4-17-15(9-13)16(11-20(26-17)5-7-25-8-6-20)21-19(24)14-10-18(23)22(2)12-14/h3-4,9,14,16H,5-8,10-12H2,1-2H3,(H,21,24)/t14-,16-/m0/s1. The van der Waals surface area contributed by atoms with E-state index < -0.39 is 0 Å². The molecule has 26 heavy (non-hydrogen) atoms. The highest BCUT2D eigenvalue weighted by atomic mass is 16.5. The molecule has 2 saturated heterocycles. The lowest BCUT2D eigenvalue weighted by atomic mass is 9.81. The largest absolute Gasteiger partial charge is 0.487 e. The number of rotatable bonds is 2. The number of nitrogens with zero attached hydrogens (tertiary/aromatic N) is 1. The van der Waals surface area contributed by atoms with E-state index in [0.29, 0.717) is 26.2 Å². The monoisotopic (exact) mass is 358 g/mol. The molecule has 140 valence electrons. The van der Waals surface area contributed by atoms with Crippen LogP contribution in [0.4, 0.5) is 0 Å². The van der Waals surface area contributed by atoms with Gasteiger partial charge in [-0.3, -0.25) is 9.59 Å². The fourth-order valence-corrected chi connectivity index (χ4v) is 4.30. The van der Waals surface area contributed by atoms with E-state index in [1.807, 2.05) is 19.1 Å². The predicted molar refractivity (Wildman–Crippen MR) is 95.8 cm³/mol. The summed E-state index contributed by atoms with van der Waals surface area (Å²) in [6.07, 6.45) is 2.70. The van der Waals surface area contributed by atoms with E-state index in [9.17, 15) is 9.59 Å². The summed E-state index contributed by atoms with van der Waals surface area (Å²) >= 11 is 0. The van der Waals surface area contributed by atoms with E-state index in [1.54, 1.807) is 11.9 Å². The first-order valence-electron chi connectivity index (χ1n) is 9.37. The third-order valence-corrected chi connectivity index (χ3v) is 5.88. The van der Waals surface area contributed by atoms with E-state index >= 15 is 0 Å². The Morgan fingerprint density at radius 3 is 2.77 bits per heavy atom. The number of likely N-dealkylation sites (tertiary alicyclic amines) is 1. The Morgan fingerprint density at radius 2 is 2.08 bits per heavy atom. The number of fused-ring (bicyclic) bond motifs is 1. The highest BCUT2D eigenvalue weighted by Crippen LogP contribution is 2.44. The van der Waals surface area contributed by atoms with Crippen molar-refractivity contribution in [3.63, 3.8) is 0 Å². The van der Waals surface area contributed by atoms with Crippen molar-refractivity contribution < 1.29 is 19.1 Å². The molecule has 1 N–H and O–H groups in total. The summed E-state index contributed by atoms with van der Waals surface area (Å²) in [6.45, 7) is 3.91. The fraction of sp³-hybridized carbons (Fsp3) is 0.600. The lowest BCUT2D eigenvalue weighted by molar-refractivity contribution is -0.129. The van der Waals surface area contributed by atoms with Gasteiger partial charge in [-0.05, 0) is 13.0 Å². The Balaban J connectivity index is 1.58. The van der Waals surface area contributed by atoms with Crippen LogP contribution in [-0.4, -0.2) is 49.1 Å². The van der Waals surface area contributed by atoms with Crippen LogP contribution in [0.5, 0.6) is 5.75 Å². The van der Waals surface area contributed by atoms with E-state index in [0.717, 1.165) is 36.1 Å². The number of hydrogen-bond donors (Lipinski definition) is 1. The summed E-state index contributed by atoms with van der Waals surface area (Å²) in [6, 6.07) is 6.05. The van der Waals surface area contributed by atoms with Gasteiger partial charge in [-0.2, -0.15) is 0 Å². The first-order valence-corrected chi connectivity index (χ1v) is 9.37. The third kappa shape index (κ3) is 3.18. The zero-order valence-electron chi connectivity index (χ0n) is 15.4. The zero-order chi connectivity index (χ0) is 18.3. The fourth-order valence-electron chi connectivity index (χ4n) is 4.30. The van der Waals surface area contributed by atoms with E-state index in [1.165, 1.54) is 0 Å². The second-order valence-corrected chi connectivity index (χ2v) is 7.88. The molecule has 2 fully saturated rings. The molecule has 0 aromatic heterocycles. The van der Waals surface area contributed by atoms with Gasteiger partial charge < -0.3 is 19.7 Å². The number of hydrogen-bond acceptors (Lipinski definition) is 4. The Labute approximate surface area is 153 Å². The number of nitrogens with one attached hydrogen (secondary N) is 1. The van der Waals surface area contributed by atoms with E-state index in [-0.39, 0.29) is 29.4 Å². The van der Waals surface area contributed by atoms with Crippen LogP contribution >= 0.6 is 0 Å². The zero-order valence-corrected chi connectivity index (χ0v) is 15.4. The van der Waals surface area contributed by atoms with Gasteiger partial charge in [0.05, 0.1) is 25.2 Å². The van der Waals surface area contributed by atoms with Crippen LogP contribution in [0.3, 0.4) is 0 Å². The van der Waals surface area contributed by atoms with Gasteiger partial charge in [0.15, 0.2) is 0 Å². The highest BCUT2D eigenvalue weighted by molar-refractivity contribution is 5.89. The molecule has 0 radical (unpaired) electrons. The number of ether oxygens (including phenoxy) is 2. The molecule has 3 heterocycles. The minimum absolute atomic E-state index is 0.0364. The molecule has 1 aromatic rings. The van der Waals surface area contributed by atoms with Crippen molar-refractivity contribution in [1.82, 2.24) is 10.2 Å². The third-order valence-electron chi connectivity index (χ3n) is 5.88. The van der Waals surface area contributed by atoms with Crippen LogP contribution in [0.1, 0.15) is 42.9 Å². The van der Waals surface area contributed by atoms with E-state index in [2.05, 4.69) is 11.4 Å². The van der Waals surface area contributed by atoms with Crippen molar-refractivity contribution in [3.8, 4) is 5.75 Å². The Bertz CT molecular complexity index is 727. The average Bonchev–Trinajstić information content (AvgIpc) is 2.95. The number of carbonyl (C=O) groups is 2. The van der Waals surface area contributed by atoms with Gasteiger partial charge in [-0.1, -0.05) is 17.7 Å². The molecule has 0 unspecified atom stereocenters. The molecule has 2 atom stereocenters. The number of amides is 2. The van der Waals surface area contributed by atoms with Crippen LogP contribution in [0.2, 0.25) is 0 Å². The summed E-state index contributed by atoms with van der Waals surface area (Å²) < 4.78 is 11.9. The van der Waals surface area contributed by atoms with Crippen LogP contribution in [0.15, 0.2) is 18.2 Å². The minimum atomic E-state index is -0.277. The normalized spacial score (nSPS) is 27.2. The molecule has 2 amide bonds. The summed E-state index contributed by atoms with van der Waals surface area (Å²) in [5.41, 5.74) is 1.90. The van der Waals surface area contributed by atoms with Crippen LogP contribution in [-0.2, 0) is 14.3 Å². The molecular formula is C20H26N2O4. The Kier molecular flexibility index (Phi) is 4.39. The second kappa shape index (κ2) is 6.58. The van der Waals surface area contributed by atoms with Gasteiger partial charge in [0, 0.05) is 44.8 Å². The molecule has 1 aromatic carbocycles.